The molecular weight excluding hydrogens is 208 g/mol. The molecule has 2 heterocycles. The van der Waals surface area contributed by atoms with Gasteiger partial charge in [0.05, 0.1) is 0 Å². The molecule has 1 aliphatic carbocycles. The van der Waals surface area contributed by atoms with Crippen molar-refractivity contribution in [3.8, 4) is 0 Å². The molecule has 2 atom stereocenters. The van der Waals surface area contributed by atoms with Gasteiger partial charge in [-0.2, -0.15) is 0 Å². The van der Waals surface area contributed by atoms with Gasteiger partial charge in [-0.05, 0) is 48.0 Å². The summed E-state index contributed by atoms with van der Waals surface area (Å²) in [6.07, 6.45) is 8.66. The third-order valence-corrected chi connectivity index (χ3v) is 4.52. The summed E-state index contributed by atoms with van der Waals surface area (Å²) in [5.74, 6) is 0. The van der Waals surface area contributed by atoms with Gasteiger partial charge < -0.3 is 4.74 Å². The topological polar surface area (TPSA) is 9.23 Å². The van der Waals surface area contributed by atoms with Crippen LogP contribution in [0.2, 0.25) is 0 Å². The maximum Gasteiger partial charge on any atom is 0.106 e. The second-order valence-electron chi connectivity index (χ2n) is 5.49. The predicted molar refractivity (Wildman–Crippen MR) is 67.7 cm³/mol. The first-order chi connectivity index (χ1) is 8.45. The van der Waals surface area contributed by atoms with Crippen molar-refractivity contribution in [2.75, 3.05) is 0 Å². The average molecular weight is 226 g/mol. The van der Waals surface area contributed by atoms with Gasteiger partial charge in [0.1, 0.15) is 12.2 Å². The van der Waals surface area contributed by atoms with Gasteiger partial charge in [0.15, 0.2) is 0 Å². The zero-order chi connectivity index (χ0) is 11.2. The van der Waals surface area contributed by atoms with Crippen LogP contribution in [-0.2, 0) is 4.74 Å². The molecule has 0 radical (unpaired) electrons. The van der Waals surface area contributed by atoms with E-state index in [9.17, 15) is 0 Å². The van der Waals surface area contributed by atoms with Crippen LogP contribution >= 0.6 is 0 Å². The van der Waals surface area contributed by atoms with E-state index in [0.29, 0.717) is 12.2 Å². The molecule has 1 nitrogen and oxygen atoms in total. The molecule has 2 aliphatic heterocycles. The fourth-order valence-electron chi connectivity index (χ4n) is 3.72. The summed E-state index contributed by atoms with van der Waals surface area (Å²) in [6.45, 7) is 0. The van der Waals surface area contributed by atoms with E-state index in [1.54, 1.807) is 11.1 Å². The number of fused-ring (bicyclic) bond motifs is 7. The third kappa shape index (κ3) is 1.35. The molecule has 0 spiro atoms. The number of benzene rings is 1. The molecule has 0 N–H and O–H groups in total. The number of hydrogen-bond donors (Lipinski definition) is 0. The number of rotatable bonds is 0. The van der Waals surface area contributed by atoms with Crippen LogP contribution in [0.25, 0.3) is 0 Å². The Hall–Kier alpha value is -1.08. The minimum atomic E-state index is 0.310. The van der Waals surface area contributed by atoms with Gasteiger partial charge >= 0.3 is 0 Å². The molecule has 2 unspecified atom stereocenters. The maximum atomic E-state index is 6.23. The van der Waals surface area contributed by atoms with Crippen LogP contribution in [0.1, 0.15) is 61.9 Å². The summed E-state index contributed by atoms with van der Waals surface area (Å²) in [5, 5.41) is 0. The van der Waals surface area contributed by atoms with E-state index in [0.717, 1.165) is 0 Å². The highest BCUT2D eigenvalue weighted by Gasteiger charge is 2.43. The molecule has 0 fully saturated rings. The van der Waals surface area contributed by atoms with E-state index in [-0.39, 0.29) is 0 Å². The van der Waals surface area contributed by atoms with Gasteiger partial charge in [-0.15, -0.1) is 0 Å². The molecule has 0 saturated heterocycles. The van der Waals surface area contributed by atoms with Crippen molar-refractivity contribution in [3.05, 3.63) is 46.5 Å². The normalized spacial score (nSPS) is 30.8. The smallest absolute Gasteiger partial charge is 0.106 e. The highest BCUT2D eigenvalue weighted by molar-refractivity contribution is 5.50. The molecule has 0 aromatic heterocycles. The van der Waals surface area contributed by atoms with Crippen molar-refractivity contribution in [1.29, 1.82) is 0 Å². The fourth-order valence-corrected chi connectivity index (χ4v) is 3.72. The van der Waals surface area contributed by atoms with Crippen LogP contribution in [-0.4, -0.2) is 0 Å². The van der Waals surface area contributed by atoms with Gasteiger partial charge in [0.2, 0.25) is 0 Å². The summed E-state index contributed by atoms with van der Waals surface area (Å²) in [6, 6.07) is 8.79. The molecule has 0 amide bonds. The van der Waals surface area contributed by atoms with E-state index < -0.39 is 0 Å². The quantitative estimate of drug-likeness (QED) is 0.593. The third-order valence-electron chi connectivity index (χ3n) is 4.52. The average Bonchev–Trinajstić information content (AvgIpc) is 2.84. The van der Waals surface area contributed by atoms with Gasteiger partial charge in [0, 0.05) is 0 Å². The van der Waals surface area contributed by atoms with Crippen LogP contribution in [0.5, 0.6) is 0 Å². The number of hydrogen-bond acceptors (Lipinski definition) is 1. The largest absolute Gasteiger partial charge is 0.357 e. The van der Waals surface area contributed by atoms with Crippen molar-refractivity contribution in [1.82, 2.24) is 0 Å². The summed E-state index contributed by atoms with van der Waals surface area (Å²) >= 11 is 0. The Labute approximate surface area is 102 Å². The van der Waals surface area contributed by atoms with Crippen LogP contribution in [0, 0.1) is 0 Å². The van der Waals surface area contributed by atoms with E-state index >= 15 is 0 Å². The van der Waals surface area contributed by atoms with Crippen molar-refractivity contribution >= 4 is 0 Å². The zero-order valence-electron chi connectivity index (χ0n) is 10.1. The lowest BCUT2D eigenvalue weighted by Crippen LogP contribution is -2.06. The zero-order valence-corrected chi connectivity index (χ0v) is 10.1. The van der Waals surface area contributed by atoms with Gasteiger partial charge in [0.25, 0.3) is 0 Å². The van der Waals surface area contributed by atoms with Crippen molar-refractivity contribution < 1.29 is 4.74 Å². The lowest BCUT2D eigenvalue weighted by molar-refractivity contribution is 0.0769. The van der Waals surface area contributed by atoms with E-state index in [4.69, 9.17) is 4.74 Å². The van der Waals surface area contributed by atoms with Crippen LogP contribution in [0.4, 0.5) is 0 Å². The summed E-state index contributed by atoms with van der Waals surface area (Å²) in [7, 11) is 0. The molecule has 0 saturated carbocycles. The minimum absolute atomic E-state index is 0.310. The molecule has 1 aromatic carbocycles. The van der Waals surface area contributed by atoms with Crippen LogP contribution in [0.3, 0.4) is 0 Å². The van der Waals surface area contributed by atoms with E-state index in [1.165, 1.54) is 49.7 Å². The van der Waals surface area contributed by atoms with Gasteiger partial charge in [-0.1, -0.05) is 37.1 Å². The molecule has 17 heavy (non-hydrogen) atoms. The molecule has 1 heteroatoms. The Morgan fingerprint density at radius 1 is 0.765 bits per heavy atom. The van der Waals surface area contributed by atoms with Crippen molar-refractivity contribution in [2.45, 2.75) is 50.7 Å². The monoisotopic (exact) mass is 226 g/mol. The predicted octanol–water partition coefficient (Wildman–Crippen LogP) is 4.46. The van der Waals surface area contributed by atoms with Crippen LogP contribution in [0.15, 0.2) is 35.4 Å². The van der Waals surface area contributed by atoms with Gasteiger partial charge in [-0.3, -0.25) is 0 Å². The standard InChI is InChI=1S/C16H18O/c1-2-4-8-12-11(7-3-1)15-13-9-5-6-10-14(13)16(12)17-15/h5-6,9-10,15-16H,1-4,7-8H2. The Bertz CT molecular complexity index is 443. The Morgan fingerprint density at radius 3 is 1.82 bits per heavy atom. The summed E-state index contributed by atoms with van der Waals surface area (Å²) in [4.78, 5) is 0. The van der Waals surface area contributed by atoms with E-state index in [2.05, 4.69) is 24.3 Å². The van der Waals surface area contributed by atoms with Crippen molar-refractivity contribution in [2.24, 2.45) is 0 Å². The minimum Gasteiger partial charge on any atom is -0.357 e. The first kappa shape index (κ1) is 9.90. The SMILES string of the molecule is c1ccc2c(c1)C1OC2C2=C1CCCCCC2. The van der Waals surface area contributed by atoms with E-state index in [1.807, 2.05) is 0 Å². The fraction of sp³-hybridized carbons (Fsp3) is 0.500. The highest BCUT2D eigenvalue weighted by atomic mass is 16.5. The first-order valence-electron chi connectivity index (χ1n) is 6.91. The Balaban J connectivity index is 1.79. The van der Waals surface area contributed by atoms with Crippen LogP contribution < -0.4 is 0 Å². The lowest BCUT2D eigenvalue weighted by atomic mass is 9.81. The summed E-state index contributed by atoms with van der Waals surface area (Å²) in [5.41, 5.74) is 6.15. The molecule has 2 bridgehead atoms. The Kier molecular flexibility index (Phi) is 2.16. The molecular formula is C16H18O. The van der Waals surface area contributed by atoms with Gasteiger partial charge in [-0.25, -0.2) is 0 Å². The highest BCUT2D eigenvalue weighted by Crippen LogP contribution is 2.56. The second kappa shape index (κ2) is 3.71. The molecule has 3 aliphatic rings. The molecule has 1 aromatic rings. The maximum absolute atomic E-state index is 6.23. The lowest BCUT2D eigenvalue weighted by Gasteiger charge is -2.21. The van der Waals surface area contributed by atoms with Crippen molar-refractivity contribution in [3.63, 3.8) is 0 Å². The summed E-state index contributed by atoms with van der Waals surface area (Å²) < 4.78 is 6.23. The molecule has 4 rings (SSSR count). The second-order valence-corrected chi connectivity index (χ2v) is 5.49. The number of ether oxygens (including phenoxy) is 1. The Morgan fingerprint density at radius 2 is 1.29 bits per heavy atom. The first-order valence-corrected chi connectivity index (χ1v) is 6.91. The molecule has 88 valence electrons.